The number of aryl methyl sites for hydroxylation is 1. The highest BCUT2D eigenvalue weighted by molar-refractivity contribution is 5.33. The Morgan fingerprint density at radius 2 is 1.74 bits per heavy atom. The maximum atomic E-state index is 5.84. The van der Waals surface area contributed by atoms with Crippen molar-refractivity contribution >= 4 is 0 Å². The van der Waals surface area contributed by atoms with Crippen molar-refractivity contribution in [1.82, 2.24) is 0 Å². The van der Waals surface area contributed by atoms with Gasteiger partial charge in [0.1, 0.15) is 0 Å². The Labute approximate surface area is 115 Å². The van der Waals surface area contributed by atoms with Crippen LogP contribution in [0, 0.1) is 12.8 Å². The second-order valence-electron chi connectivity index (χ2n) is 5.46. The molecule has 1 saturated carbocycles. The Hall–Kier alpha value is -1.60. The molecule has 0 radical (unpaired) electrons. The molecule has 0 unspecified atom stereocenters. The van der Waals surface area contributed by atoms with E-state index in [9.17, 15) is 0 Å². The van der Waals surface area contributed by atoms with Gasteiger partial charge in [0, 0.05) is 0 Å². The molecular formula is C18H20O. The predicted octanol–water partition coefficient (Wildman–Crippen LogP) is 4.32. The van der Waals surface area contributed by atoms with Crippen LogP contribution in [0.5, 0.6) is 0 Å². The van der Waals surface area contributed by atoms with Gasteiger partial charge < -0.3 is 4.74 Å². The van der Waals surface area contributed by atoms with Crippen LogP contribution in [0.3, 0.4) is 0 Å². The van der Waals surface area contributed by atoms with Gasteiger partial charge in [-0.15, -0.1) is 0 Å². The van der Waals surface area contributed by atoms with E-state index in [-0.39, 0.29) is 0 Å². The Morgan fingerprint density at radius 3 is 2.53 bits per heavy atom. The van der Waals surface area contributed by atoms with Crippen LogP contribution in [-0.2, 0) is 11.3 Å². The average molecular weight is 252 g/mol. The molecule has 0 aromatic heterocycles. The third kappa shape index (κ3) is 3.05. The Balaban J connectivity index is 1.48. The van der Waals surface area contributed by atoms with Crippen molar-refractivity contribution in [1.29, 1.82) is 0 Å². The van der Waals surface area contributed by atoms with E-state index >= 15 is 0 Å². The van der Waals surface area contributed by atoms with Crippen LogP contribution in [0.1, 0.15) is 29.0 Å². The zero-order valence-electron chi connectivity index (χ0n) is 11.4. The lowest BCUT2D eigenvalue weighted by Gasteiger charge is -2.06. The number of hydrogen-bond donors (Lipinski definition) is 0. The second kappa shape index (κ2) is 5.58. The summed E-state index contributed by atoms with van der Waals surface area (Å²) in [6, 6.07) is 19.1. The van der Waals surface area contributed by atoms with E-state index in [4.69, 9.17) is 4.74 Å². The van der Waals surface area contributed by atoms with E-state index in [2.05, 4.69) is 55.5 Å². The molecule has 1 fully saturated rings. The molecule has 2 aromatic carbocycles. The summed E-state index contributed by atoms with van der Waals surface area (Å²) in [5.41, 5.74) is 4.18. The maximum Gasteiger partial charge on any atom is 0.0717 e. The average Bonchev–Trinajstić information content (AvgIpc) is 3.20. The molecule has 1 heteroatoms. The quantitative estimate of drug-likeness (QED) is 0.770. The lowest BCUT2D eigenvalue weighted by molar-refractivity contribution is 0.110. The number of hydrogen-bond acceptors (Lipinski definition) is 1. The summed E-state index contributed by atoms with van der Waals surface area (Å²) in [5, 5.41) is 0. The summed E-state index contributed by atoms with van der Waals surface area (Å²) in [4.78, 5) is 0. The topological polar surface area (TPSA) is 9.23 Å². The lowest BCUT2D eigenvalue weighted by atomic mass is 10.0. The first-order chi connectivity index (χ1) is 9.34. The van der Waals surface area contributed by atoms with Crippen molar-refractivity contribution in [2.24, 2.45) is 5.92 Å². The minimum absolute atomic E-state index is 0.713. The monoisotopic (exact) mass is 252 g/mol. The summed E-state index contributed by atoms with van der Waals surface area (Å²) in [6.07, 6.45) is 1.28. The van der Waals surface area contributed by atoms with Gasteiger partial charge in [0.2, 0.25) is 0 Å². The van der Waals surface area contributed by atoms with Gasteiger partial charge in [0.15, 0.2) is 0 Å². The van der Waals surface area contributed by atoms with E-state index in [1.54, 1.807) is 0 Å². The lowest BCUT2D eigenvalue weighted by Crippen LogP contribution is -1.99. The SMILES string of the molecule is Cc1ccccc1[C@H]1C[C@@H]1COCc1ccccc1. The molecule has 0 aliphatic heterocycles. The van der Waals surface area contributed by atoms with Crippen LogP contribution in [0.25, 0.3) is 0 Å². The number of benzene rings is 2. The van der Waals surface area contributed by atoms with Crippen LogP contribution in [0.4, 0.5) is 0 Å². The summed E-state index contributed by atoms with van der Waals surface area (Å²) < 4.78 is 5.84. The molecule has 1 nitrogen and oxygen atoms in total. The van der Waals surface area contributed by atoms with Crippen molar-refractivity contribution in [2.75, 3.05) is 6.61 Å². The largest absolute Gasteiger partial charge is 0.376 e. The smallest absolute Gasteiger partial charge is 0.0717 e. The van der Waals surface area contributed by atoms with Gasteiger partial charge in [0.25, 0.3) is 0 Å². The Kier molecular flexibility index (Phi) is 3.65. The molecule has 0 spiro atoms. The molecule has 0 bridgehead atoms. The summed E-state index contributed by atoms with van der Waals surface area (Å²) >= 11 is 0. The van der Waals surface area contributed by atoms with Crippen molar-refractivity contribution in [2.45, 2.75) is 25.9 Å². The van der Waals surface area contributed by atoms with Gasteiger partial charge in [-0.25, -0.2) is 0 Å². The van der Waals surface area contributed by atoms with Gasteiger partial charge in [-0.2, -0.15) is 0 Å². The predicted molar refractivity (Wildman–Crippen MR) is 78.1 cm³/mol. The fraction of sp³-hybridized carbons (Fsp3) is 0.333. The molecule has 2 atom stereocenters. The van der Waals surface area contributed by atoms with Gasteiger partial charge in [-0.1, -0.05) is 54.6 Å². The maximum absolute atomic E-state index is 5.84. The van der Waals surface area contributed by atoms with Crippen molar-refractivity contribution in [3.8, 4) is 0 Å². The van der Waals surface area contributed by atoms with E-state index in [0.717, 1.165) is 19.1 Å². The van der Waals surface area contributed by atoms with Crippen molar-refractivity contribution in [3.05, 3.63) is 71.3 Å². The van der Waals surface area contributed by atoms with Gasteiger partial charge >= 0.3 is 0 Å². The fourth-order valence-electron chi connectivity index (χ4n) is 2.72. The minimum atomic E-state index is 0.713. The van der Waals surface area contributed by atoms with Gasteiger partial charge in [-0.05, 0) is 41.9 Å². The molecule has 98 valence electrons. The summed E-state index contributed by atoms with van der Waals surface area (Å²) in [5.74, 6) is 1.43. The summed E-state index contributed by atoms with van der Waals surface area (Å²) in [6.45, 7) is 3.82. The molecule has 1 aliphatic carbocycles. The summed E-state index contributed by atoms with van der Waals surface area (Å²) in [7, 11) is 0. The first-order valence-electron chi connectivity index (χ1n) is 7.02. The molecular weight excluding hydrogens is 232 g/mol. The van der Waals surface area contributed by atoms with Gasteiger partial charge in [0.05, 0.1) is 13.2 Å². The highest BCUT2D eigenvalue weighted by Gasteiger charge is 2.38. The highest BCUT2D eigenvalue weighted by Crippen LogP contribution is 2.48. The molecule has 0 heterocycles. The molecule has 0 amide bonds. The number of ether oxygens (including phenoxy) is 1. The van der Waals surface area contributed by atoms with E-state index in [1.165, 1.54) is 23.1 Å². The zero-order valence-corrected chi connectivity index (χ0v) is 11.4. The van der Waals surface area contributed by atoms with Crippen molar-refractivity contribution < 1.29 is 4.74 Å². The first-order valence-corrected chi connectivity index (χ1v) is 7.02. The third-order valence-corrected chi connectivity index (χ3v) is 3.95. The Bertz CT molecular complexity index is 532. The van der Waals surface area contributed by atoms with Crippen LogP contribution >= 0.6 is 0 Å². The van der Waals surface area contributed by atoms with Crippen LogP contribution in [-0.4, -0.2) is 6.61 Å². The third-order valence-electron chi connectivity index (χ3n) is 3.95. The van der Waals surface area contributed by atoms with Crippen molar-refractivity contribution in [3.63, 3.8) is 0 Å². The molecule has 1 aliphatic rings. The van der Waals surface area contributed by atoms with Crippen LogP contribution in [0.15, 0.2) is 54.6 Å². The number of rotatable bonds is 5. The molecule has 3 rings (SSSR count). The normalized spacial score (nSPS) is 21.3. The van der Waals surface area contributed by atoms with Gasteiger partial charge in [-0.3, -0.25) is 0 Å². The first kappa shape index (κ1) is 12.4. The van der Waals surface area contributed by atoms with E-state index < -0.39 is 0 Å². The Morgan fingerprint density at radius 1 is 1.00 bits per heavy atom. The molecule has 0 N–H and O–H groups in total. The van der Waals surface area contributed by atoms with Crippen LogP contribution < -0.4 is 0 Å². The minimum Gasteiger partial charge on any atom is -0.376 e. The van der Waals surface area contributed by atoms with E-state index in [0.29, 0.717) is 5.92 Å². The molecule has 19 heavy (non-hydrogen) atoms. The molecule has 2 aromatic rings. The van der Waals surface area contributed by atoms with Crippen LogP contribution in [0.2, 0.25) is 0 Å². The fourth-order valence-corrected chi connectivity index (χ4v) is 2.72. The molecule has 0 saturated heterocycles. The highest BCUT2D eigenvalue weighted by atomic mass is 16.5. The second-order valence-corrected chi connectivity index (χ2v) is 5.46. The van der Waals surface area contributed by atoms with E-state index in [1.807, 2.05) is 6.07 Å². The standard InChI is InChI=1S/C18H20O/c1-14-7-5-6-10-17(14)18-11-16(18)13-19-12-15-8-3-2-4-9-15/h2-10,16,18H,11-13H2,1H3/t16-,18+/m1/s1. The zero-order chi connectivity index (χ0) is 13.1.